The first-order chi connectivity index (χ1) is 15.2. The van der Waals surface area contributed by atoms with Gasteiger partial charge in [0, 0.05) is 53.2 Å². The zero-order valence-electron chi connectivity index (χ0n) is 22.0. The van der Waals surface area contributed by atoms with Gasteiger partial charge in [0.1, 0.15) is 0 Å². The van der Waals surface area contributed by atoms with Crippen LogP contribution < -0.4 is 0 Å². The van der Waals surface area contributed by atoms with Gasteiger partial charge in [0.2, 0.25) is 0 Å². The van der Waals surface area contributed by atoms with Gasteiger partial charge in [0.25, 0.3) is 0 Å². The first kappa shape index (κ1) is 31.0. The van der Waals surface area contributed by atoms with Crippen LogP contribution in [-0.2, 0) is 47.3 Å². The summed E-state index contributed by atoms with van der Waals surface area (Å²) in [7, 11) is 0. The van der Waals surface area contributed by atoms with Gasteiger partial charge in [-0.2, -0.15) is 0 Å². The van der Waals surface area contributed by atoms with E-state index in [9.17, 15) is 0 Å². The third-order valence-corrected chi connectivity index (χ3v) is 6.80. The van der Waals surface area contributed by atoms with Crippen molar-refractivity contribution in [1.82, 2.24) is 9.55 Å². The monoisotopic (exact) mass is 642 g/mol. The van der Waals surface area contributed by atoms with E-state index < -0.39 is 0 Å². The number of rotatable bonds is 9. The van der Waals surface area contributed by atoms with Crippen LogP contribution >= 0.6 is 0 Å². The van der Waals surface area contributed by atoms with E-state index in [-0.39, 0.29) is 46.9 Å². The molecule has 0 aliphatic heterocycles. The van der Waals surface area contributed by atoms with Gasteiger partial charge < -0.3 is 4.57 Å². The summed E-state index contributed by atoms with van der Waals surface area (Å²) in [6.07, 6.45) is 8.22. The van der Waals surface area contributed by atoms with Gasteiger partial charge in [-0.3, -0.25) is 0 Å². The number of aromatic nitrogens is 2. The molecule has 1 atom stereocenters. The fraction of sp³-hybridized carbons (Fsp3) is 0.500. The molecule has 0 saturated heterocycles. The summed E-state index contributed by atoms with van der Waals surface area (Å²) >= 11 is 0. The molecule has 0 radical (unpaired) electrons. The third-order valence-electron chi connectivity index (χ3n) is 6.80. The summed E-state index contributed by atoms with van der Waals surface area (Å²) < 4.78 is 2.33. The maximum absolute atomic E-state index is 4.43. The van der Waals surface area contributed by atoms with Crippen LogP contribution in [0.4, 0.5) is 0 Å². The topological polar surface area (TPSA) is 17.8 Å². The van der Waals surface area contributed by atoms with E-state index in [1.807, 2.05) is 12.5 Å². The molecule has 0 spiro atoms. The molecule has 3 aromatic rings. The van der Waals surface area contributed by atoms with Gasteiger partial charge in [-0.05, 0) is 69.9 Å². The average Bonchev–Trinajstić information content (AvgIpc) is 3.27. The Morgan fingerprint density at radius 2 is 1.12 bits per heavy atom. The Bertz CT molecular complexity index is 952. The van der Waals surface area contributed by atoms with E-state index >= 15 is 0 Å². The maximum atomic E-state index is 4.43. The second-order valence-corrected chi connectivity index (χ2v) is 10.4. The zero-order chi connectivity index (χ0) is 23.4. The number of nitrogens with zero attached hydrogens (tertiary/aromatic N) is 2. The van der Waals surface area contributed by atoms with E-state index in [1.54, 1.807) is 5.56 Å². The molecule has 0 aliphatic rings. The van der Waals surface area contributed by atoms with Gasteiger partial charge in [0.15, 0.2) is 0 Å². The Balaban J connectivity index is 0.00000289. The van der Waals surface area contributed by atoms with E-state index in [0.29, 0.717) is 23.7 Å². The van der Waals surface area contributed by atoms with Crippen molar-refractivity contribution in [1.29, 1.82) is 0 Å². The van der Waals surface area contributed by atoms with Gasteiger partial charge >= 0.3 is 0 Å². The molecule has 4 heteroatoms. The smallest absolute Gasteiger partial charge is 0.0951 e. The second kappa shape index (κ2) is 13.9. The predicted molar refractivity (Wildman–Crippen MR) is 138 cm³/mol. The molecule has 0 bridgehead atoms. The molecule has 34 heavy (non-hydrogen) atoms. The van der Waals surface area contributed by atoms with Crippen LogP contribution in [0.1, 0.15) is 125 Å². The third kappa shape index (κ3) is 7.02. The minimum absolute atomic E-state index is 0. The predicted octanol–water partition coefficient (Wildman–Crippen LogP) is 8.59. The van der Waals surface area contributed by atoms with Crippen LogP contribution in [0.2, 0.25) is 0 Å². The van der Waals surface area contributed by atoms with Crippen molar-refractivity contribution in [2.45, 2.75) is 97.9 Å². The van der Waals surface area contributed by atoms with Crippen LogP contribution in [0.5, 0.6) is 0 Å². The van der Waals surface area contributed by atoms with Gasteiger partial charge in [-0.15, -0.1) is 0 Å². The fourth-order valence-electron chi connectivity index (χ4n) is 5.16. The zero-order valence-corrected chi connectivity index (χ0v) is 25.1. The SMILES string of the molecule is CC(C)c1cccc(C(C)C)c1CCC(c1c(C(C)C)cccc1C(C)C)n1ccnc1.[Pd].[Pd]. The standard InChI is InChI=1S/C30H42N2.2Pd/c1-20(2)24-11-9-12-25(21(3)4)28(24)15-16-29(32-18-17-31-19-32)30-26(22(5)6)13-10-14-27(30)23(7)8;;/h9-14,17-23,29H,15-16H2,1-8H3;;. The Morgan fingerprint density at radius 1 is 0.676 bits per heavy atom. The normalized spacial score (nSPS) is 12.2. The number of hydrogen-bond acceptors (Lipinski definition) is 1. The fourth-order valence-corrected chi connectivity index (χ4v) is 5.16. The summed E-state index contributed by atoms with van der Waals surface area (Å²) in [5.41, 5.74) is 9.00. The average molecular weight is 644 g/mol. The molecule has 0 amide bonds. The van der Waals surface area contributed by atoms with Crippen LogP contribution in [-0.4, -0.2) is 9.55 Å². The second-order valence-electron chi connectivity index (χ2n) is 10.4. The molecular weight excluding hydrogens is 601 g/mol. The Morgan fingerprint density at radius 3 is 1.50 bits per heavy atom. The van der Waals surface area contributed by atoms with Crippen molar-refractivity contribution in [3.63, 3.8) is 0 Å². The molecule has 192 valence electrons. The Labute approximate surface area is 235 Å². The molecule has 0 aliphatic carbocycles. The van der Waals surface area contributed by atoms with Crippen molar-refractivity contribution >= 4 is 0 Å². The molecule has 1 heterocycles. The van der Waals surface area contributed by atoms with Gasteiger partial charge in [-0.1, -0.05) is 91.8 Å². The van der Waals surface area contributed by atoms with Crippen molar-refractivity contribution in [3.8, 4) is 0 Å². The molecule has 1 unspecified atom stereocenters. The van der Waals surface area contributed by atoms with Crippen LogP contribution in [0.15, 0.2) is 55.1 Å². The van der Waals surface area contributed by atoms with E-state index in [0.717, 1.165) is 12.8 Å². The molecule has 0 fully saturated rings. The Hall–Kier alpha value is -1.03. The molecule has 0 saturated carbocycles. The summed E-state index contributed by atoms with van der Waals surface area (Å²) in [6, 6.07) is 14.1. The minimum Gasteiger partial charge on any atom is -0.330 e. The minimum atomic E-state index is 0. The van der Waals surface area contributed by atoms with Crippen molar-refractivity contribution in [2.75, 3.05) is 0 Å². The van der Waals surface area contributed by atoms with E-state index in [2.05, 4.69) is 108 Å². The number of hydrogen-bond donors (Lipinski definition) is 0. The summed E-state index contributed by atoms with van der Waals surface area (Å²) in [6.45, 7) is 18.6. The molecule has 2 nitrogen and oxygen atoms in total. The molecule has 3 rings (SSSR count). The summed E-state index contributed by atoms with van der Waals surface area (Å²) in [4.78, 5) is 4.43. The summed E-state index contributed by atoms with van der Waals surface area (Å²) in [5, 5.41) is 0. The van der Waals surface area contributed by atoms with E-state index in [4.69, 9.17) is 0 Å². The van der Waals surface area contributed by atoms with Gasteiger partial charge in [0.05, 0.1) is 12.4 Å². The van der Waals surface area contributed by atoms with Crippen LogP contribution in [0.3, 0.4) is 0 Å². The van der Waals surface area contributed by atoms with Crippen molar-refractivity contribution in [3.05, 3.63) is 88.5 Å². The Kier molecular flexibility index (Phi) is 12.7. The van der Waals surface area contributed by atoms with E-state index in [1.165, 1.54) is 27.8 Å². The largest absolute Gasteiger partial charge is 0.330 e. The molecule has 0 N–H and O–H groups in total. The summed E-state index contributed by atoms with van der Waals surface area (Å²) in [5.74, 6) is 2.04. The van der Waals surface area contributed by atoms with Crippen LogP contribution in [0, 0.1) is 0 Å². The van der Waals surface area contributed by atoms with Crippen LogP contribution in [0.25, 0.3) is 0 Å². The number of imidazole rings is 1. The first-order valence-corrected chi connectivity index (χ1v) is 12.4. The van der Waals surface area contributed by atoms with Crippen molar-refractivity contribution < 1.29 is 40.8 Å². The molecule has 1 aromatic heterocycles. The molecule has 2 aromatic carbocycles. The molecular formula is C30H42N2Pd2. The first-order valence-electron chi connectivity index (χ1n) is 12.4. The van der Waals surface area contributed by atoms with Gasteiger partial charge in [-0.25, -0.2) is 4.98 Å². The van der Waals surface area contributed by atoms with Crippen molar-refractivity contribution in [2.24, 2.45) is 0 Å². The quantitative estimate of drug-likeness (QED) is 0.214. The number of benzene rings is 2. The maximum Gasteiger partial charge on any atom is 0.0951 e.